The fourth-order valence-corrected chi connectivity index (χ4v) is 4.57. The lowest BCUT2D eigenvalue weighted by Crippen LogP contribution is -2.20. The van der Waals surface area contributed by atoms with Crippen molar-refractivity contribution in [3.63, 3.8) is 0 Å². The Hall–Kier alpha value is -3.04. The number of nitrogens with zero attached hydrogens (tertiary/aromatic N) is 2. The first-order valence-electron chi connectivity index (χ1n) is 10.9. The zero-order valence-corrected chi connectivity index (χ0v) is 18.1. The van der Waals surface area contributed by atoms with Gasteiger partial charge in [-0.3, -0.25) is 5.10 Å². The van der Waals surface area contributed by atoms with Crippen molar-refractivity contribution in [3.8, 4) is 5.75 Å². The highest BCUT2D eigenvalue weighted by molar-refractivity contribution is 5.35. The Morgan fingerprint density at radius 3 is 2.26 bits per heavy atom. The maximum absolute atomic E-state index is 13.1. The molecule has 3 aromatic rings. The Morgan fingerprint density at radius 2 is 1.62 bits per heavy atom. The number of H-pyrrole nitrogens is 1. The molecule has 4 nitrogen and oxygen atoms in total. The van der Waals surface area contributed by atoms with Crippen molar-refractivity contribution in [2.75, 3.05) is 0 Å². The van der Waals surface area contributed by atoms with E-state index in [1.807, 2.05) is 12.1 Å². The lowest BCUT2D eigenvalue weighted by molar-refractivity contribution is -0.143. The third-order valence-electron chi connectivity index (χ3n) is 6.17. The van der Waals surface area contributed by atoms with Crippen LogP contribution in [0, 0.1) is 5.92 Å². The summed E-state index contributed by atoms with van der Waals surface area (Å²) in [6.07, 6.45) is -3.37. The molecular formula is C24H23F6N3O. The smallest absolute Gasteiger partial charge is 0.416 e. The topological polar surface area (TPSA) is 50.8 Å². The highest BCUT2D eigenvalue weighted by Crippen LogP contribution is 2.40. The van der Waals surface area contributed by atoms with Gasteiger partial charge < -0.3 is 4.74 Å². The first-order chi connectivity index (χ1) is 16.1. The average Bonchev–Trinajstić information content (AvgIpc) is 3.30. The van der Waals surface area contributed by atoms with Crippen LogP contribution in [0.3, 0.4) is 0 Å². The number of aromatic amines is 1. The van der Waals surface area contributed by atoms with Gasteiger partial charge in [0, 0.05) is 6.42 Å². The van der Waals surface area contributed by atoms with Crippen LogP contribution in [-0.2, 0) is 25.4 Å². The summed E-state index contributed by atoms with van der Waals surface area (Å²) in [4.78, 5) is 4.22. The molecule has 1 heterocycles. The maximum Gasteiger partial charge on any atom is 0.416 e. The predicted octanol–water partition coefficient (Wildman–Crippen LogP) is 6.94. The standard InChI is InChI=1S/C24H23F6N3O/c25-23(26,27)18-8-15(9-19(12-18)24(28,29)30)13-34-20-6-3-5-16(10-20)21-7-2-1-4-17(21)11-22-31-14-32-33-22/h3,5-6,8-10,12,14,17,21H,1-2,4,7,11,13H2,(H,31,32,33). The van der Waals surface area contributed by atoms with Crippen LogP contribution in [0.25, 0.3) is 0 Å². The van der Waals surface area contributed by atoms with Crippen molar-refractivity contribution in [1.29, 1.82) is 0 Å². The van der Waals surface area contributed by atoms with Crippen LogP contribution < -0.4 is 4.74 Å². The van der Waals surface area contributed by atoms with E-state index in [1.165, 1.54) is 6.33 Å². The second kappa shape index (κ2) is 9.68. The average molecular weight is 483 g/mol. The van der Waals surface area contributed by atoms with Gasteiger partial charge in [-0.05, 0) is 66.1 Å². The molecule has 0 amide bonds. The summed E-state index contributed by atoms with van der Waals surface area (Å²) in [7, 11) is 0. The van der Waals surface area contributed by atoms with Gasteiger partial charge in [-0.15, -0.1) is 0 Å². The monoisotopic (exact) mass is 483 g/mol. The van der Waals surface area contributed by atoms with E-state index >= 15 is 0 Å². The first-order valence-corrected chi connectivity index (χ1v) is 10.9. The molecule has 1 saturated carbocycles. The van der Waals surface area contributed by atoms with Gasteiger partial charge in [-0.2, -0.15) is 31.4 Å². The highest BCUT2D eigenvalue weighted by Gasteiger charge is 2.37. The van der Waals surface area contributed by atoms with Crippen LogP contribution in [0.5, 0.6) is 5.75 Å². The number of alkyl halides is 6. The van der Waals surface area contributed by atoms with Crippen molar-refractivity contribution in [3.05, 3.63) is 76.9 Å². The fourth-order valence-electron chi connectivity index (χ4n) is 4.57. The number of rotatable bonds is 6. The molecule has 1 fully saturated rings. The third-order valence-corrected chi connectivity index (χ3v) is 6.17. The Kier molecular flexibility index (Phi) is 6.86. The third kappa shape index (κ3) is 5.90. The lowest BCUT2D eigenvalue weighted by atomic mass is 9.74. The number of ether oxygens (including phenoxy) is 1. The molecule has 0 radical (unpaired) electrons. The van der Waals surface area contributed by atoms with Gasteiger partial charge in [0.2, 0.25) is 0 Å². The summed E-state index contributed by atoms with van der Waals surface area (Å²) in [5, 5.41) is 6.79. The largest absolute Gasteiger partial charge is 0.489 e. The molecule has 2 aromatic carbocycles. The van der Waals surface area contributed by atoms with Crippen LogP contribution in [0.1, 0.15) is 59.7 Å². The molecular weight excluding hydrogens is 460 g/mol. The number of benzene rings is 2. The molecule has 1 N–H and O–H groups in total. The van der Waals surface area contributed by atoms with Gasteiger partial charge >= 0.3 is 12.4 Å². The molecule has 34 heavy (non-hydrogen) atoms. The summed E-state index contributed by atoms with van der Waals surface area (Å²) >= 11 is 0. The summed E-state index contributed by atoms with van der Waals surface area (Å²) in [5.41, 5.74) is -1.88. The molecule has 182 valence electrons. The highest BCUT2D eigenvalue weighted by atomic mass is 19.4. The summed E-state index contributed by atoms with van der Waals surface area (Å²) in [6, 6.07) is 8.72. The van der Waals surface area contributed by atoms with Crippen molar-refractivity contribution < 1.29 is 31.1 Å². The van der Waals surface area contributed by atoms with E-state index in [0.29, 0.717) is 23.8 Å². The van der Waals surface area contributed by atoms with E-state index in [-0.39, 0.29) is 17.5 Å². The molecule has 2 atom stereocenters. The molecule has 1 aliphatic carbocycles. The number of aromatic nitrogens is 3. The predicted molar refractivity (Wildman–Crippen MR) is 112 cm³/mol. The van der Waals surface area contributed by atoms with E-state index in [4.69, 9.17) is 4.74 Å². The zero-order chi connectivity index (χ0) is 24.3. The molecule has 1 aliphatic rings. The van der Waals surface area contributed by atoms with Crippen LogP contribution >= 0.6 is 0 Å². The van der Waals surface area contributed by atoms with E-state index in [1.54, 1.807) is 12.1 Å². The van der Waals surface area contributed by atoms with Crippen molar-refractivity contribution in [2.24, 2.45) is 5.92 Å². The minimum Gasteiger partial charge on any atom is -0.489 e. The lowest BCUT2D eigenvalue weighted by Gasteiger charge is -2.31. The maximum atomic E-state index is 13.1. The van der Waals surface area contributed by atoms with Gasteiger partial charge in [-0.25, -0.2) is 4.98 Å². The molecule has 0 saturated heterocycles. The van der Waals surface area contributed by atoms with Crippen molar-refractivity contribution in [1.82, 2.24) is 15.2 Å². The summed E-state index contributed by atoms with van der Waals surface area (Å²) in [6.45, 7) is -0.414. The number of nitrogens with one attached hydrogen (secondary N) is 1. The van der Waals surface area contributed by atoms with E-state index in [2.05, 4.69) is 15.2 Å². The molecule has 4 rings (SSSR count). The van der Waals surface area contributed by atoms with Gasteiger partial charge in [0.25, 0.3) is 0 Å². The molecule has 0 spiro atoms. The van der Waals surface area contributed by atoms with Crippen LogP contribution in [0.15, 0.2) is 48.8 Å². The van der Waals surface area contributed by atoms with Crippen LogP contribution in [0.2, 0.25) is 0 Å². The second-order valence-corrected chi connectivity index (χ2v) is 8.56. The number of hydrogen-bond donors (Lipinski definition) is 1. The zero-order valence-electron chi connectivity index (χ0n) is 18.1. The molecule has 2 unspecified atom stereocenters. The summed E-state index contributed by atoms with van der Waals surface area (Å²) < 4.78 is 84.3. The molecule has 1 aromatic heterocycles. The van der Waals surface area contributed by atoms with Crippen molar-refractivity contribution in [2.45, 2.75) is 57.0 Å². The normalized spacial score (nSPS) is 19.2. The fraction of sp³-hybridized carbons (Fsp3) is 0.417. The van der Waals surface area contributed by atoms with Gasteiger partial charge in [0.15, 0.2) is 0 Å². The molecule has 0 aliphatic heterocycles. The second-order valence-electron chi connectivity index (χ2n) is 8.56. The number of hydrogen-bond acceptors (Lipinski definition) is 3. The Morgan fingerprint density at radius 1 is 0.912 bits per heavy atom. The van der Waals surface area contributed by atoms with E-state index in [0.717, 1.165) is 43.5 Å². The van der Waals surface area contributed by atoms with Crippen LogP contribution in [-0.4, -0.2) is 15.2 Å². The van der Waals surface area contributed by atoms with Gasteiger partial charge in [0.1, 0.15) is 24.5 Å². The van der Waals surface area contributed by atoms with Gasteiger partial charge in [0.05, 0.1) is 11.1 Å². The van der Waals surface area contributed by atoms with Crippen LogP contribution in [0.4, 0.5) is 26.3 Å². The van der Waals surface area contributed by atoms with E-state index in [9.17, 15) is 26.3 Å². The minimum absolute atomic E-state index is 0.113. The number of halogens is 6. The Labute approximate surface area is 192 Å². The molecule has 0 bridgehead atoms. The quantitative estimate of drug-likeness (QED) is 0.387. The van der Waals surface area contributed by atoms with Crippen molar-refractivity contribution >= 4 is 0 Å². The Balaban J connectivity index is 1.51. The minimum atomic E-state index is -4.89. The SMILES string of the molecule is FC(F)(F)c1cc(COc2cccc(C3CCCCC3Cc3ncn[nH]3)c2)cc(C(F)(F)F)c1. The van der Waals surface area contributed by atoms with E-state index < -0.39 is 30.1 Å². The molecule has 10 heteroatoms. The summed E-state index contributed by atoms with van der Waals surface area (Å²) in [5.74, 6) is 1.80. The first kappa shape index (κ1) is 24.1. The van der Waals surface area contributed by atoms with Gasteiger partial charge in [-0.1, -0.05) is 25.0 Å². The Bertz CT molecular complexity index is 1060.